The summed E-state index contributed by atoms with van der Waals surface area (Å²) in [6.07, 6.45) is 18.6. The number of nitrogens with one attached hydrogen (secondary N) is 1. The third-order valence-electron chi connectivity index (χ3n) is 10.9. The highest BCUT2D eigenvalue weighted by atomic mass is 15.0. The fourth-order valence-corrected chi connectivity index (χ4v) is 9.42. The molecule has 0 bridgehead atoms. The fourth-order valence-electron chi connectivity index (χ4n) is 9.42. The predicted octanol–water partition coefficient (Wildman–Crippen LogP) is 8.78. The molecule has 0 aliphatic heterocycles. The zero-order valence-electron chi connectivity index (χ0n) is 22.9. The minimum atomic E-state index is 0.230. The average molecular weight is 442 g/mol. The Morgan fingerprint density at radius 3 is 2.41 bits per heavy atom. The summed E-state index contributed by atoms with van der Waals surface area (Å²) in [4.78, 5) is 0. The summed E-state index contributed by atoms with van der Waals surface area (Å²) in [5, 5.41) is 3.92. The molecular weight excluding hydrogens is 386 g/mol. The number of fused-ring (bicyclic) bond motifs is 5. The highest BCUT2D eigenvalue weighted by Crippen LogP contribution is 2.67. The van der Waals surface area contributed by atoms with E-state index < -0.39 is 0 Å². The van der Waals surface area contributed by atoms with Gasteiger partial charge in [0.1, 0.15) is 0 Å². The van der Waals surface area contributed by atoms with Crippen molar-refractivity contribution in [1.82, 2.24) is 5.32 Å². The Hall–Kier alpha value is -0.300. The molecule has 0 aromatic heterocycles. The van der Waals surface area contributed by atoms with Crippen molar-refractivity contribution in [2.24, 2.45) is 46.3 Å². The second kappa shape index (κ2) is 9.05. The van der Waals surface area contributed by atoms with Crippen molar-refractivity contribution < 1.29 is 0 Å². The average Bonchev–Trinajstić information content (AvgIpc) is 3.04. The van der Waals surface area contributed by atoms with E-state index in [9.17, 15) is 0 Å². The van der Waals surface area contributed by atoms with E-state index in [1.807, 2.05) is 5.57 Å². The van der Waals surface area contributed by atoms with Crippen LogP contribution in [0.4, 0.5) is 0 Å². The van der Waals surface area contributed by atoms with Gasteiger partial charge in [0.25, 0.3) is 0 Å². The zero-order chi connectivity index (χ0) is 23.3. The molecule has 1 heteroatoms. The molecule has 1 nitrogen and oxygen atoms in total. The first-order chi connectivity index (χ1) is 14.9. The van der Waals surface area contributed by atoms with Gasteiger partial charge in [-0.2, -0.15) is 0 Å². The van der Waals surface area contributed by atoms with Gasteiger partial charge >= 0.3 is 0 Å². The molecular formula is C31H55N. The molecule has 8 atom stereocenters. The maximum Gasteiger partial charge on any atom is 0.0110 e. The third kappa shape index (κ3) is 4.63. The third-order valence-corrected chi connectivity index (χ3v) is 10.9. The van der Waals surface area contributed by atoms with Crippen LogP contribution in [0, 0.1) is 46.3 Å². The molecule has 4 aliphatic carbocycles. The number of hydrogen-bond acceptors (Lipinski definition) is 1. The maximum absolute atomic E-state index is 3.92. The van der Waals surface area contributed by atoms with Crippen LogP contribution in [0.25, 0.3) is 0 Å². The quantitative estimate of drug-likeness (QED) is 0.406. The van der Waals surface area contributed by atoms with E-state index in [4.69, 9.17) is 0 Å². The van der Waals surface area contributed by atoms with Crippen LogP contribution in [-0.2, 0) is 0 Å². The van der Waals surface area contributed by atoms with Gasteiger partial charge in [-0.1, -0.05) is 65.5 Å². The van der Waals surface area contributed by atoms with E-state index in [0.29, 0.717) is 16.9 Å². The van der Waals surface area contributed by atoms with Crippen LogP contribution in [0.3, 0.4) is 0 Å². The Balaban J connectivity index is 1.46. The van der Waals surface area contributed by atoms with Gasteiger partial charge in [-0.25, -0.2) is 0 Å². The molecule has 8 unspecified atom stereocenters. The Kier molecular flexibility index (Phi) is 7.02. The Morgan fingerprint density at radius 2 is 1.72 bits per heavy atom. The summed E-state index contributed by atoms with van der Waals surface area (Å²) >= 11 is 0. The van der Waals surface area contributed by atoms with Gasteiger partial charge in [-0.3, -0.25) is 0 Å². The minimum absolute atomic E-state index is 0.230. The van der Waals surface area contributed by atoms with Crippen molar-refractivity contribution in [1.29, 1.82) is 0 Å². The number of rotatable bonds is 6. The van der Waals surface area contributed by atoms with Crippen LogP contribution in [0.1, 0.15) is 126 Å². The summed E-state index contributed by atoms with van der Waals surface area (Å²) < 4.78 is 0. The van der Waals surface area contributed by atoms with E-state index in [1.54, 1.807) is 0 Å². The molecule has 0 saturated heterocycles. The molecule has 3 saturated carbocycles. The van der Waals surface area contributed by atoms with Crippen molar-refractivity contribution >= 4 is 0 Å². The smallest absolute Gasteiger partial charge is 0.0110 e. The van der Waals surface area contributed by atoms with Crippen LogP contribution in [0.5, 0.6) is 0 Å². The molecule has 0 aromatic carbocycles. The molecule has 0 amide bonds. The van der Waals surface area contributed by atoms with Crippen molar-refractivity contribution in [3.05, 3.63) is 11.6 Å². The lowest BCUT2D eigenvalue weighted by Crippen LogP contribution is -2.53. The summed E-state index contributed by atoms with van der Waals surface area (Å²) in [6.45, 7) is 19.8. The van der Waals surface area contributed by atoms with E-state index in [0.717, 1.165) is 35.5 Å². The highest BCUT2D eigenvalue weighted by Gasteiger charge is 2.59. The molecule has 1 N–H and O–H groups in total. The summed E-state index contributed by atoms with van der Waals surface area (Å²) in [5.41, 5.74) is 3.16. The molecule has 4 aliphatic rings. The summed E-state index contributed by atoms with van der Waals surface area (Å²) in [5.74, 6) is 5.66. The SMILES string of the molecule is CC(C)CCCC(C)C1CCC2C3CC=C4CC(NC(C)(C)C)CCC4(C)C3CCC12C. The van der Waals surface area contributed by atoms with Crippen LogP contribution in [0.2, 0.25) is 0 Å². The van der Waals surface area contributed by atoms with E-state index in [1.165, 1.54) is 70.6 Å². The second-order valence-corrected chi connectivity index (χ2v) is 14.6. The normalized spacial score (nSPS) is 42.8. The Morgan fingerprint density at radius 1 is 0.969 bits per heavy atom. The molecule has 0 radical (unpaired) electrons. The topological polar surface area (TPSA) is 12.0 Å². The van der Waals surface area contributed by atoms with Gasteiger partial charge in [0.15, 0.2) is 0 Å². The standard InChI is InChI=1S/C31H55N/c1-21(2)10-9-11-22(3)26-14-15-27-25-13-12-23-20-24(32-29(4,5)6)16-18-30(23,7)28(25)17-19-31(26,27)8/h12,21-22,24-28,32H,9-11,13-20H2,1-8H3. The highest BCUT2D eigenvalue weighted by molar-refractivity contribution is 5.26. The molecule has 184 valence electrons. The largest absolute Gasteiger partial charge is 0.309 e. The van der Waals surface area contributed by atoms with Crippen molar-refractivity contribution in [2.75, 3.05) is 0 Å². The Labute approximate surface area is 201 Å². The monoisotopic (exact) mass is 441 g/mol. The predicted molar refractivity (Wildman–Crippen MR) is 140 cm³/mol. The van der Waals surface area contributed by atoms with E-state index in [-0.39, 0.29) is 5.54 Å². The maximum atomic E-state index is 3.92. The van der Waals surface area contributed by atoms with Crippen LogP contribution < -0.4 is 5.32 Å². The molecule has 4 rings (SSSR count). The van der Waals surface area contributed by atoms with Crippen molar-refractivity contribution in [3.63, 3.8) is 0 Å². The first-order valence-corrected chi connectivity index (χ1v) is 14.4. The molecule has 0 spiro atoms. The van der Waals surface area contributed by atoms with E-state index >= 15 is 0 Å². The molecule has 0 heterocycles. The first kappa shape index (κ1) is 24.8. The molecule has 0 aromatic rings. The lowest BCUT2D eigenvalue weighted by molar-refractivity contribution is -0.0518. The summed E-state index contributed by atoms with van der Waals surface area (Å²) in [7, 11) is 0. The van der Waals surface area contributed by atoms with Gasteiger partial charge in [-0.05, 0) is 118 Å². The van der Waals surface area contributed by atoms with Gasteiger partial charge in [0, 0.05) is 11.6 Å². The number of hydrogen-bond donors (Lipinski definition) is 1. The molecule has 32 heavy (non-hydrogen) atoms. The zero-order valence-corrected chi connectivity index (χ0v) is 22.9. The summed E-state index contributed by atoms with van der Waals surface area (Å²) in [6, 6.07) is 0.683. The van der Waals surface area contributed by atoms with Crippen LogP contribution >= 0.6 is 0 Å². The lowest BCUT2D eigenvalue weighted by Gasteiger charge is -2.59. The van der Waals surface area contributed by atoms with Crippen molar-refractivity contribution in [3.8, 4) is 0 Å². The minimum Gasteiger partial charge on any atom is -0.309 e. The lowest BCUT2D eigenvalue weighted by atomic mass is 9.47. The first-order valence-electron chi connectivity index (χ1n) is 14.4. The van der Waals surface area contributed by atoms with Crippen molar-refractivity contribution in [2.45, 2.75) is 138 Å². The molecule has 3 fully saturated rings. The van der Waals surface area contributed by atoms with E-state index in [2.05, 4.69) is 66.8 Å². The van der Waals surface area contributed by atoms with Crippen LogP contribution in [-0.4, -0.2) is 11.6 Å². The van der Waals surface area contributed by atoms with Gasteiger partial charge in [0.05, 0.1) is 0 Å². The van der Waals surface area contributed by atoms with Gasteiger partial charge in [-0.15, -0.1) is 0 Å². The fraction of sp³-hybridized carbons (Fsp3) is 0.935. The second-order valence-electron chi connectivity index (χ2n) is 14.6. The van der Waals surface area contributed by atoms with Gasteiger partial charge < -0.3 is 5.32 Å². The number of allylic oxidation sites excluding steroid dienone is 1. The van der Waals surface area contributed by atoms with Crippen LogP contribution in [0.15, 0.2) is 11.6 Å². The van der Waals surface area contributed by atoms with Gasteiger partial charge in [0.2, 0.25) is 0 Å². The Bertz CT molecular complexity index is 683.